The molecule has 0 unspecified atom stereocenters. The zero-order valence-electron chi connectivity index (χ0n) is 18.8. The molecule has 0 radical (unpaired) electrons. The second-order valence-electron chi connectivity index (χ2n) is 9.32. The maximum absolute atomic E-state index is 12.0. The molecule has 2 N–H and O–H groups in total. The average Bonchev–Trinajstić information content (AvgIpc) is 3.23. The molecule has 0 spiro atoms. The van der Waals surface area contributed by atoms with Crippen LogP contribution in [0.15, 0.2) is 34.9 Å². The predicted molar refractivity (Wildman–Crippen MR) is 124 cm³/mol. The minimum Gasteiger partial charge on any atom is -0.464 e. The zero-order chi connectivity index (χ0) is 22.8. The van der Waals surface area contributed by atoms with Crippen molar-refractivity contribution >= 4 is 27.0 Å². The van der Waals surface area contributed by atoms with Gasteiger partial charge in [0.05, 0.1) is 12.0 Å². The van der Waals surface area contributed by atoms with Gasteiger partial charge in [-0.05, 0) is 89.4 Å². The highest BCUT2D eigenvalue weighted by molar-refractivity contribution is 7.86. The van der Waals surface area contributed by atoms with Crippen molar-refractivity contribution in [2.45, 2.75) is 63.4 Å². The van der Waals surface area contributed by atoms with Gasteiger partial charge in [0.25, 0.3) is 16.0 Å². The summed E-state index contributed by atoms with van der Waals surface area (Å²) < 4.78 is 34.9. The molecule has 1 aromatic carbocycles. The molecule has 32 heavy (non-hydrogen) atoms. The molecule has 4 rings (SSSR count). The lowest BCUT2D eigenvalue weighted by molar-refractivity contribution is -0.136. The molecule has 1 saturated carbocycles. The van der Waals surface area contributed by atoms with Crippen molar-refractivity contribution in [2.75, 3.05) is 25.4 Å². The van der Waals surface area contributed by atoms with Crippen LogP contribution in [0.4, 0.5) is 0 Å². The van der Waals surface area contributed by atoms with Gasteiger partial charge in [-0.25, -0.2) is 0 Å². The van der Waals surface area contributed by atoms with Crippen LogP contribution in [-0.4, -0.2) is 50.2 Å². The summed E-state index contributed by atoms with van der Waals surface area (Å²) in [4.78, 5) is 14.5. The molecule has 1 saturated heterocycles. The summed E-state index contributed by atoms with van der Waals surface area (Å²) >= 11 is 0. The Morgan fingerprint density at radius 3 is 2.53 bits per heavy atom. The van der Waals surface area contributed by atoms with E-state index in [-0.39, 0.29) is 5.75 Å². The fourth-order valence-electron chi connectivity index (χ4n) is 5.25. The molecule has 2 fully saturated rings. The quantitative estimate of drug-likeness (QED) is 0.599. The summed E-state index contributed by atoms with van der Waals surface area (Å²) in [6, 6.07) is 8.24. The molecule has 2 heterocycles. The molecule has 1 aliphatic heterocycles. The van der Waals surface area contributed by atoms with Crippen molar-refractivity contribution < 1.29 is 21.8 Å². The summed E-state index contributed by atoms with van der Waals surface area (Å²) in [5.74, 6) is 0.182. The van der Waals surface area contributed by atoms with Crippen molar-refractivity contribution in [3.05, 3.63) is 36.1 Å². The third-order valence-corrected chi connectivity index (χ3v) is 8.67. The van der Waals surface area contributed by atoms with Gasteiger partial charge in [0.1, 0.15) is 5.58 Å². The first kappa shape index (κ1) is 23.3. The van der Waals surface area contributed by atoms with Gasteiger partial charge in [0.15, 0.2) is 5.60 Å². The number of primary amides is 1. The normalized spacial score (nSPS) is 25.8. The molecule has 176 valence electrons. The zero-order valence-corrected chi connectivity index (χ0v) is 19.6. The van der Waals surface area contributed by atoms with Gasteiger partial charge in [-0.3, -0.25) is 8.98 Å². The standard InChI is InChI=1S/C24H34N2O5S/c1-2-32(28,29)31-24(23(25)27)12-7-18(8-13-24)9-14-26-15-10-19(11-16-26)21-17-30-22-6-4-3-5-20(21)22/h3-6,17-19H,2,7-16H2,1H3,(H2,25,27). The summed E-state index contributed by atoms with van der Waals surface area (Å²) in [7, 11) is -3.72. The molecule has 8 heteroatoms. The molecule has 2 aromatic rings. The number of benzene rings is 1. The van der Waals surface area contributed by atoms with Crippen LogP contribution in [-0.2, 0) is 19.1 Å². The van der Waals surface area contributed by atoms with Gasteiger partial charge in [-0.1, -0.05) is 18.2 Å². The van der Waals surface area contributed by atoms with Crippen LogP contribution in [0.25, 0.3) is 11.0 Å². The highest BCUT2D eigenvalue weighted by atomic mass is 32.2. The van der Waals surface area contributed by atoms with E-state index in [4.69, 9.17) is 14.3 Å². The minimum absolute atomic E-state index is 0.157. The Balaban J connectivity index is 1.25. The van der Waals surface area contributed by atoms with Crippen molar-refractivity contribution in [1.82, 2.24) is 4.90 Å². The van der Waals surface area contributed by atoms with Crippen LogP contribution in [0, 0.1) is 5.92 Å². The van der Waals surface area contributed by atoms with Gasteiger partial charge in [-0.2, -0.15) is 8.42 Å². The second-order valence-corrected chi connectivity index (χ2v) is 11.2. The molecular formula is C24H34N2O5S. The maximum atomic E-state index is 12.0. The Bertz CT molecular complexity index is 1030. The number of amides is 1. The molecule has 2 aliphatic rings. The number of likely N-dealkylation sites (tertiary alicyclic amines) is 1. The third-order valence-electron chi connectivity index (χ3n) is 7.39. The smallest absolute Gasteiger partial charge is 0.268 e. The van der Waals surface area contributed by atoms with Gasteiger partial charge in [0.2, 0.25) is 0 Å². The van der Waals surface area contributed by atoms with E-state index in [0.29, 0.717) is 24.7 Å². The van der Waals surface area contributed by atoms with E-state index in [2.05, 4.69) is 17.0 Å². The first-order valence-corrected chi connectivity index (χ1v) is 13.3. The second kappa shape index (κ2) is 9.53. The van der Waals surface area contributed by atoms with E-state index >= 15 is 0 Å². The Kier molecular flexibility index (Phi) is 6.93. The first-order valence-electron chi connectivity index (χ1n) is 11.7. The highest BCUT2D eigenvalue weighted by Gasteiger charge is 2.44. The summed E-state index contributed by atoms with van der Waals surface area (Å²) in [5.41, 5.74) is 6.47. The van der Waals surface area contributed by atoms with Crippen LogP contribution >= 0.6 is 0 Å². The van der Waals surface area contributed by atoms with Gasteiger partial charge >= 0.3 is 0 Å². The Morgan fingerprint density at radius 1 is 1.19 bits per heavy atom. The van der Waals surface area contributed by atoms with E-state index in [9.17, 15) is 13.2 Å². The topological polar surface area (TPSA) is 103 Å². The Hall–Kier alpha value is -1.90. The van der Waals surface area contributed by atoms with Crippen molar-refractivity contribution in [3.63, 3.8) is 0 Å². The van der Waals surface area contributed by atoms with E-state index in [0.717, 1.165) is 57.3 Å². The number of furan rings is 1. The van der Waals surface area contributed by atoms with Crippen molar-refractivity contribution in [3.8, 4) is 0 Å². The van der Waals surface area contributed by atoms with Crippen LogP contribution in [0.5, 0.6) is 0 Å². The Labute approximate surface area is 190 Å². The number of nitrogens with two attached hydrogens (primary N) is 1. The van der Waals surface area contributed by atoms with Gasteiger partial charge in [0, 0.05) is 10.9 Å². The fraction of sp³-hybridized carbons (Fsp3) is 0.625. The van der Waals surface area contributed by atoms with Crippen LogP contribution in [0.1, 0.15) is 63.4 Å². The molecule has 0 atom stereocenters. The third kappa shape index (κ3) is 5.02. The monoisotopic (exact) mass is 462 g/mol. The fourth-order valence-corrected chi connectivity index (χ4v) is 6.11. The molecule has 7 nitrogen and oxygen atoms in total. The van der Waals surface area contributed by atoms with E-state index in [1.807, 2.05) is 18.4 Å². The summed E-state index contributed by atoms with van der Waals surface area (Å²) in [6.07, 6.45) is 7.51. The molecule has 1 aromatic heterocycles. The number of fused-ring (bicyclic) bond motifs is 1. The SMILES string of the molecule is CCS(=O)(=O)OC1(C(N)=O)CCC(CCN2CCC(c3coc4ccccc34)CC2)CC1. The summed E-state index contributed by atoms with van der Waals surface area (Å²) in [6.45, 7) is 4.68. The maximum Gasteiger partial charge on any atom is 0.268 e. The average molecular weight is 463 g/mol. The molecule has 1 aliphatic carbocycles. The molecule has 0 bridgehead atoms. The van der Waals surface area contributed by atoms with E-state index in [1.165, 1.54) is 17.9 Å². The van der Waals surface area contributed by atoms with Gasteiger partial charge < -0.3 is 15.1 Å². The number of hydrogen-bond donors (Lipinski definition) is 1. The predicted octanol–water partition coefficient (Wildman–Crippen LogP) is 3.78. The Morgan fingerprint density at radius 2 is 1.88 bits per heavy atom. The largest absolute Gasteiger partial charge is 0.464 e. The van der Waals surface area contributed by atoms with E-state index in [1.54, 1.807) is 0 Å². The molecular weight excluding hydrogens is 428 g/mol. The number of piperidine rings is 1. The lowest BCUT2D eigenvalue weighted by atomic mass is 9.77. The lowest BCUT2D eigenvalue weighted by Gasteiger charge is -2.38. The van der Waals surface area contributed by atoms with Gasteiger partial charge in [-0.15, -0.1) is 0 Å². The highest BCUT2D eigenvalue weighted by Crippen LogP contribution is 2.38. The van der Waals surface area contributed by atoms with E-state index < -0.39 is 21.6 Å². The van der Waals surface area contributed by atoms with Crippen molar-refractivity contribution in [2.24, 2.45) is 11.7 Å². The number of carbonyl (C=O) groups is 1. The number of carbonyl (C=O) groups excluding carboxylic acids is 1. The number of hydrogen-bond acceptors (Lipinski definition) is 6. The number of nitrogens with zero attached hydrogens (tertiary/aromatic N) is 1. The number of para-hydroxylation sites is 1. The summed E-state index contributed by atoms with van der Waals surface area (Å²) in [5, 5.41) is 1.23. The minimum atomic E-state index is -3.72. The number of rotatable bonds is 8. The van der Waals surface area contributed by atoms with Crippen LogP contribution in [0.3, 0.4) is 0 Å². The first-order chi connectivity index (χ1) is 15.3. The van der Waals surface area contributed by atoms with Crippen LogP contribution < -0.4 is 5.73 Å². The lowest BCUT2D eigenvalue weighted by Crippen LogP contribution is -2.50. The van der Waals surface area contributed by atoms with Crippen molar-refractivity contribution in [1.29, 1.82) is 0 Å². The molecule has 1 amide bonds. The van der Waals surface area contributed by atoms with Crippen LogP contribution in [0.2, 0.25) is 0 Å².